The van der Waals surface area contributed by atoms with Crippen molar-refractivity contribution in [1.82, 2.24) is 10.2 Å². The zero-order valence-corrected chi connectivity index (χ0v) is 10.6. The Bertz CT molecular complexity index is 372. The van der Waals surface area contributed by atoms with E-state index in [1.165, 1.54) is 0 Å². The van der Waals surface area contributed by atoms with Crippen LogP contribution in [0.5, 0.6) is 0 Å². The van der Waals surface area contributed by atoms with Crippen molar-refractivity contribution in [2.45, 2.75) is 18.9 Å². The first-order valence-corrected chi connectivity index (χ1v) is 6.56. The molecular formula is C14H21N3O. The van der Waals surface area contributed by atoms with Crippen LogP contribution in [0.3, 0.4) is 0 Å². The summed E-state index contributed by atoms with van der Waals surface area (Å²) in [7, 11) is 0. The molecule has 98 valence electrons. The summed E-state index contributed by atoms with van der Waals surface area (Å²) in [4.78, 5) is 14.1. The molecule has 0 bridgehead atoms. The lowest BCUT2D eigenvalue weighted by Gasteiger charge is -2.23. The van der Waals surface area contributed by atoms with Crippen molar-refractivity contribution in [2.24, 2.45) is 5.73 Å². The summed E-state index contributed by atoms with van der Waals surface area (Å²) in [5.74, 6) is 0.0718. The second kappa shape index (κ2) is 6.52. The van der Waals surface area contributed by atoms with Crippen molar-refractivity contribution < 1.29 is 4.79 Å². The van der Waals surface area contributed by atoms with Crippen molar-refractivity contribution in [1.29, 1.82) is 0 Å². The van der Waals surface area contributed by atoms with Gasteiger partial charge in [-0.15, -0.1) is 0 Å². The number of rotatable bonds is 3. The van der Waals surface area contributed by atoms with E-state index < -0.39 is 6.04 Å². The average Bonchev–Trinajstić information content (AvgIpc) is 2.68. The summed E-state index contributed by atoms with van der Waals surface area (Å²) >= 11 is 0. The third-order valence-corrected chi connectivity index (χ3v) is 3.27. The predicted molar refractivity (Wildman–Crippen MR) is 72.2 cm³/mol. The molecule has 1 amide bonds. The molecule has 1 saturated heterocycles. The lowest BCUT2D eigenvalue weighted by atomic mass is 10.1. The fourth-order valence-electron chi connectivity index (χ4n) is 2.26. The van der Waals surface area contributed by atoms with Crippen LogP contribution in [0.15, 0.2) is 30.3 Å². The van der Waals surface area contributed by atoms with Crippen LogP contribution in [0.2, 0.25) is 0 Å². The van der Waals surface area contributed by atoms with Crippen LogP contribution >= 0.6 is 0 Å². The molecule has 18 heavy (non-hydrogen) atoms. The first-order valence-electron chi connectivity index (χ1n) is 6.56. The van der Waals surface area contributed by atoms with Crippen molar-refractivity contribution in [2.75, 3.05) is 26.2 Å². The first kappa shape index (κ1) is 13.1. The molecular weight excluding hydrogens is 226 g/mol. The number of nitrogens with zero attached hydrogens (tertiary/aromatic N) is 1. The smallest absolute Gasteiger partial charge is 0.239 e. The van der Waals surface area contributed by atoms with Gasteiger partial charge in [0.15, 0.2) is 0 Å². The molecule has 3 N–H and O–H groups in total. The monoisotopic (exact) mass is 247 g/mol. The topological polar surface area (TPSA) is 58.4 Å². The van der Waals surface area contributed by atoms with E-state index in [4.69, 9.17) is 5.73 Å². The maximum absolute atomic E-state index is 12.2. The van der Waals surface area contributed by atoms with Crippen molar-refractivity contribution in [3.05, 3.63) is 35.9 Å². The maximum Gasteiger partial charge on any atom is 0.239 e. The lowest BCUT2D eigenvalue weighted by Crippen LogP contribution is -2.46. The molecule has 1 aliphatic heterocycles. The number of nitrogens with two attached hydrogens (primary N) is 1. The van der Waals surface area contributed by atoms with Crippen LogP contribution in [0, 0.1) is 0 Å². The fraction of sp³-hybridized carbons (Fsp3) is 0.500. The highest BCUT2D eigenvalue weighted by Gasteiger charge is 2.21. The Morgan fingerprint density at radius 2 is 2.06 bits per heavy atom. The summed E-state index contributed by atoms with van der Waals surface area (Å²) in [6.45, 7) is 3.43. The normalized spacial score (nSPS) is 18.2. The summed E-state index contributed by atoms with van der Waals surface area (Å²) in [6.07, 6.45) is 1.62. The molecule has 0 radical (unpaired) electrons. The minimum absolute atomic E-state index is 0.0718. The van der Waals surface area contributed by atoms with E-state index in [-0.39, 0.29) is 5.91 Å². The minimum atomic E-state index is -0.425. The van der Waals surface area contributed by atoms with Crippen molar-refractivity contribution >= 4 is 5.91 Å². The van der Waals surface area contributed by atoms with E-state index in [0.717, 1.165) is 38.2 Å². The van der Waals surface area contributed by atoms with Gasteiger partial charge in [0.05, 0.1) is 6.04 Å². The van der Waals surface area contributed by atoms with Gasteiger partial charge < -0.3 is 16.0 Å². The summed E-state index contributed by atoms with van der Waals surface area (Å²) in [5, 5.41) is 3.29. The Labute approximate surface area is 108 Å². The first-order chi connectivity index (χ1) is 8.77. The highest BCUT2D eigenvalue weighted by atomic mass is 16.2. The Kier molecular flexibility index (Phi) is 4.73. The van der Waals surface area contributed by atoms with E-state index in [2.05, 4.69) is 5.32 Å². The summed E-state index contributed by atoms with van der Waals surface area (Å²) in [6, 6.07) is 9.52. The maximum atomic E-state index is 12.2. The quantitative estimate of drug-likeness (QED) is 0.812. The van der Waals surface area contributed by atoms with Gasteiger partial charge in [-0.2, -0.15) is 0 Å². The van der Waals surface area contributed by atoms with Crippen LogP contribution in [0.4, 0.5) is 0 Å². The molecule has 1 atom stereocenters. The number of carbonyl (C=O) groups excluding carboxylic acids is 1. The number of hydrogen-bond acceptors (Lipinski definition) is 3. The number of amides is 1. The van der Waals surface area contributed by atoms with Crippen LogP contribution < -0.4 is 11.1 Å². The summed E-state index contributed by atoms with van der Waals surface area (Å²) < 4.78 is 0. The second-order valence-electron chi connectivity index (χ2n) is 4.73. The van der Waals surface area contributed by atoms with Gasteiger partial charge in [-0.05, 0) is 24.9 Å². The molecule has 0 aliphatic carbocycles. The molecule has 0 spiro atoms. The Morgan fingerprint density at radius 1 is 1.28 bits per heavy atom. The van der Waals surface area contributed by atoms with Crippen LogP contribution in [-0.2, 0) is 11.2 Å². The van der Waals surface area contributed by atoms with Gasteiger partial charge in [-0.1, -0.05) is 30.3 Å². The molecule has 1 heterocycles. The van der Waals surface area contributed by atoms with E-state index >= 15 is 0 Å². The Hall–Kier alpha value is -1.39. The molecule has 4 heteroatoms. The molecule has 4 nitrogen and oxygen atoms in total. The highest BCUT2D eigenvalue weighted by Crippen LogP contribution is 2.05. The minimum Gasteiger partial charge on any atom is -0.340 e. The number of carbonyl (C=O) groups is 1. The third kappa shape index (κ3) is 3.55. The summed E-state index contributed by atoms with van der Waals surface area (Å²) in [5.41, 5.74) is 7.14. The van der Waals surface area contributed by atoms with Crippen LogP contribution in [-0.4, -0.2) is 43.0 Å². The van der Waals surface area contributed by atoms with Crippen molar-refractivity contribution in [3.63, 3.8) is 0 Å². The van der Waals surface area contributed by atoms with Crippen LogP contribution in [0.25, 0.3) is 0 Å². The number of benzene rings is 1. The van der Waals surface area contributed by atoms with Crippen molar-refractivity contribution in [3.8, 4) is 0 Å². The Morgan fingerprint density at radius 3 is 2.83 bits per heavy atom. The molecule has 2 rings (SSSR count). The molecule has 1 fully saturated rings. The molecule has 0 saturated carbocycles. The predicted octanol–water partition coefficient (Wildman–Crippen LogP) is 0.378. The molecule has 1 aliphatic rings. The van der Waals surface area contributed by atoms with E-state index in [1.54, 1.807) is 0 Å². The van der Waals surface area contributed by atoms with Gasteiger partial charge in [0.2, 0.25) is 5.91 Å². The second-order valence-corrected chi connectivity index (χ2v) is 4.73. The number of nitrogens with one attached hydrogen (secondary N) is 1. The van der Waals surface area contributed by atoms with Gasteiger partial charge in [0, 0.05) is 19.6 Å². The standard InChI is InChI=1S/C14H21N3O/c15-13(11-12-5-2-1-3-6-12)14(18)17-9-4-7-16-8-10-17/h1-3,5-6,13,16H,4,7-11,15H2/t13-/m1/s1. The number of hydrogen-bond donors (Lipinski definition) is 2. The van der Waals surface area contributed by atoms with Gasteiger partial charge in [0.1, 0.15) is 0 Å². The third-order valence-electron chi connectivity index (χ3n) is 3.27. The van der Waals surface area contributed by atoms with E-state index in [1.807, 2.05) is 35.2 Å². The highest BCUT2D eigenvalue weighted by molar-refractivity contribution is 5.82. The molecule has 0 unspecified atom stereocenters. The average molecular weight is 247 g/mol. The van der Waals surface area contributed by atoms with Gasteiger partial charge in [-0.3, -0.25) is 4.79 Å². The van der Waals surface area contributed by atoms with Gasteiger partial charge in [0.25, 0.3) is 0 Å². The zero-order chi connectivity index (χ0) is 12.8. The lowest BCUT2D eigenvalue weighted by molar-refractivity contribution is -0.132. The van der Waals surface area contributed by atoms with Gasteiger partial charge >= 0.3 is 0 Å². The van der Waals surface area contributed by atoms with Gasteiger partial charge in [-0.25, -0.2) is 0 Å². The fourth-order valence-corrected chi connectivity index (χ4v) is 2.26. The zero-order valence-electron chi connectivity index (χ0n) is 10.6. The van der Waals surface area contributed by atoms with E-state index in [9.17, 15) is 4.79 Å². The molecule has 1 aromatic rings. The van der Waals surface area contributed by atoms with E-state index in [0.29, 0.717) is 6.42 Å². The SMILES string of the molecule is N[C@H](Cc1ccccc1)C(=O)N1CCCNCC1. The molecule has 1 aromatic carbocycles. The van der Waals surface area contributed by atoms with Crippen LogP contribution in [0.1, 0.15) is 12.0 Å². The molecule has 0 aromatic heterocycles. The Balaban J connectivity index is 1.91. The largest absolute Gasteiger partial charge is 0.340 e.